The van der Waals surface area contributed by atoms with Gasteiger partial charge in [-0.1, -0.05) is 0 Å². The Morgan fingerprint density at radius 2 is 2.24 bits per heavy atom. The fraction of sp³-hybridized carbons (Fsp3) is 0.182. The maximum Gasteiger partial charge on any atom is 0.335 e. The minimum Gasteiger partial charge on any atom is -0.478 e. The second kappa shape index (κ2) is 4.58. The summed E-state index contributed by atoms with van der Waals surface area (Å²) in [4.78, 5) is 15.9. The Bertz CT molecular complexity index is 566. The fourth-order valence-corrected chi connectivity index (χ4v) is 2.21. The van der Waals surface area contributed by atoms with Gasteiger partial charge in [-0.15, -0.1) is 0 Å². The molecule has 0 aliphatic carbocycles. The van der Waals surface area contributed by atoms with Crippen molar-refractivity contribution in [3.63, 3.8) is 0 Å². The molecule has 88 valence electrons. The van der Waals surface area contributed by atoms with Crippen LogP contribution in [-0.2, 0) is 7.05 Å². The number of aromatic nitrogens is 3. The highest BCUT2D eigenvalue weighted by Gasteiger charge is 2.09. The van der Waals surface area contributed by atoms with E-state index < -0.39 is 5.97 Å². The molecule has 5 nitrogen and oxygen atoms in total. The minimum atomic E-state index is -0.914. The molecule has 0 spiro atoms. The Morgan fingerprint density at radius 3 is 2.76 bits per heavy atom. The Balaban J connectivity index is 2.29. The molecular formula is C11H11N3O2S. The number of carbonyl (C=O) groups is 1. The molecule has 1 heterocycles. The normalized spacial score (nSPS) is 10.5. The number of hydrogen-bond acceptors (Lipinski definition) is 4. The predicted octanol–water partition coefficient (Wildman–Crippen LogP) is 1.97. The highest BCUT2D eigenvalue weighted by atomic mass is 32.2. The first-order valence-electron chi connectivity index (χ1n) is 4.93. The first-order valence-corrected chi connectivity index (χ1v) is 5.75. The van der Waals surface area contributed by atoms with Gasteiger partial charge >= 0.3 is 5.97 Å². The molecule has 0 saturated heterocycles. The molecule has 0 bridgehead atoms. The first-order chi connectivity index (χ1) is 8.08. The molecule has 2 aromatic rings. The Kier molecular flexibility index (Phi) is 3.14. The molecule has 6 heteroatoms. The van der Waals surface area contributed by atoms with Crippen LogP contribution in [-0.4, -0.2) is 25.8 Å². The third-order valence-corrected chi connectivity index (χ3v) is 3.52. The van der Waals surface area contributed by atoms with Crippen LogP contribution in [0.3, 0.4) is 0 Å². The van der Waals surface area contributed by atoms with Gasteiger partial charge in [0.25, 0.3) is 0 Å². The summed E-state index contributed by atoms with van der Waals surface area (Å²) < 4.78 is 1.68. The second-order valence-electron chi connectivity index (χ2n) is 3.55. The number of nitrogens with zero attached hydrogens (tertiary/aromatic N) is 3. The van der Waals surface area contributed by atoms with E-state index in [0.717, 1.165) is 15.6 Å². The van der Waals surface area contributed by atoms with Gasteiger partial charge in [0.2, 0.25) is 0 Å². The van der Waals surface area contributed by atoms with Gasteiger partial charge in [0, 0.05) is 11.9 Å². The van der Waals surface area contributed by atoms with Crippen LogP contribution in [0.25, 0.3) is 0 Å². The van der Waals surface area contributed by atoms with Crippen LogP contribution in [0, 0.1) is 6.92 Å². The lowest BCUT2D eigenvalue weighted by Crippen LogP contribution is -1.97. The lowest BCUT2D eigenvalue weighted by atomic mass is 10.1. The third-order valence-electron chi connectivity index (χ3n) is 2.29. The molecule has 17 heavy (non-hydrogen) atoms. The smallest absolute Gasteiger partial charge is 0.335 e. The highest BCUT2D eigenvalue weighted by Crippen LogP contribution is 2.28. The molecule has 1 aromatic heterocycles. The van der Waals surface area contributed by atoms with E-state index in [1.54, 1.807) is 22.9 Å². The molecule has 1 aromatic carbocycles. The van der Waals surface area contributed by atoms with Crippen molar-refractivity contribution in [1.29, 1.82) is 0 Å². The lowest BCUT2D eigenvalue weighted by molar-refractivity contribution is 0.0696. The third kappa shape index (κ3) is 2.47. The summed E-state index contributed by atoms with van der Waals surface area (Å²) >= 11 is 1.46. The summed E-state index contributed by atoms with van der Waals surface area (Å²) in [5, 5.41) is 13.6. The quantitative estimate of drug-likeness (QED) is 0.900. The molecule has 0 radical (unpaired) electrons. The van der Waals surface area contributed by atoms with Crippen LogP contribution in [0.5, 0.6) is 0 Å². The van der Waals surface area contributed by atoms with E-state index in [0.29, 0.717) is 5.56 Å². The van der Waals surface area contributed by atoms with Gasteiger partial charge in [0.15, 0.2) is 5.16 Å². The molecule has 0 unspecified atom stereocenters. The lowest BCUT2D eigenvalue weighted by Gasteiger charge is -2.05. The minimum absolute atomic E-state index is 0.296. The number of carboxylic acid groups (broad SMARTS) is 1. The highest BCUT2D eigenvalue weighted by molar-refractivity contribution is 7.99. The summed E-state index contributed by atoms with van der Waals surface area (Å²) in [7, 11) is 1.82. The van der Waals surface area contributed by atoms with Crippen molar-refractivity contribution in [2.24, 2.45) is 7.05 Å². The topological polar surface area (TPSA) is 68.0 Å². The summed E-state index contributed by atoms with van der Waals surface area (Å²) in [6, 6.07) is 5.03. The van der Waals surface area contributed by atoms with Crippen molar-refractivity contribution >= 4 is 17.7 Å². The first kappa shape index (κ1) is 11.7. The van der Waals surface area contributed by atoms with Crippen LogP contribution in [0.4, 0.5) is 0 Å². The zero-order chi connectivity index (χ0) is 12.4. The summed E-state index contributed by atoms with van der Waals surface area (Å²) in [6.07, 6.45) is 1.49. The molecule has 2 rings (SSSR count). The molecule has 0 amide bonds. The van der Waals surface area contributed by atoms with E-state index in [2.05, 4.69) is 10.1 Å². The maximum absolute atomic E-state index is 10.8. The van der Waals surface area contributed by atoms with Crippen molar-refractivity contribution in [1.82, 2.24) is 14.8 Å². The molecular weight excluding hydrogens is 238 g/mol. The number of rotatable bonds is 3. The standard InChI is InChI=1S/C11H11N3O2S/c1-7-5-8(10(15)16)3-4-9(7)17-11-12-6-13-14(11)2/h3-6H,1-2H3,(H,15,16). The van der Waals surface area contributed by atoms with Crippen molar-refractivity contribution in [2.75, 3.05) is 0 Å². The van der Waals surface area contributed by atoms with E-state index in [-0.39, 0.29) is 0 Å². The van der Waals surface area contributed by atoms with Crippen LogP contribution in [0.15, 0.2) is 34.6 Å². The van der Waals surface area contributed by atoms with E-state index in [9.17, 15) is 4.79 Å². The van der Waals surface area contributed by atoms with Gasteiger partial charge in [-0.3, -0.25) is 0 Å². The Labute approximate surface area is 102 Å². The Hall–Kier alpha value is -1.82. The van der Waals surface area contributed by atoms with Crippen molar-refractivity contribution in [2.45, 2.75) is 17.0 Å². The van der Waals surface area contributed by atoms with Gasteiger partial charge in [-0.05, 0) is 42.4 Å². The van der Waals surface area contributed by atoms with E-state index >= 15 is 0 Å². The van der Waals surface area contributed by atoms with Crippen molar-refractivity contribution in [3.8, 4) is 0 Å². The number of carboxylic acids is 1. The second-order valence-corrected chi connectivity index (χ2v) is 4.56. The fourth-order valence-electron chi connectivity index (χ4n) is 1.37. The SMILES string of the molecule is Cc1cc(C(=O)O)ccc1Sc1ncnn1C. The van der Waals surface area contributed by atoms with Crippen molar-refractivity contribution in [3.05, 3.63) is 35.7 Å². The molecule has 0 saturated carbocycles. The van der Waals surface area contributed by atoms with Crippen LogP contribution in [0.2, 0.25) is 0 Å². The zero-order valence-corrected chi connectivity index (χ0v) is 10.2. The van der Waals surface area contributed by atoms with Gasteiger partial charge < -0.3 is 5.11 Å². The van der Waals surface area contributed by atoms with E-state index in [1.807, 2.05) is 14.0 Å². The average molecular weight is 249 g/mol. The molecule has 0 atom stereocenters. The van der Waals surface area contributed by atoms with Crippen molar-refractivity contribution < 1.29 is 9.90 Å². The summed E-state index contributed by atoms with van der Waals surface area (Å²) in [5.74, 6) is -0.914. The van der Waals surface area contributed by atoms with Gasteiger partial charge in [0.1, 0.15) is 6.33 Å². The van der Waals surface area contributed by atoms with E-state index in [4.69, 9.17) is 5.11 Å². The maximum atomic E-state index is 10.8. The Morgan fingerprint density at radius 1 is 1.47 bits per heavy atom. The predicted molar refractivity (Wildman–Crippen MR) is 63.3 cm³/mol. The monoisotopic (exact) mass is 249 g/mol. The largest absolute Gasteiger partial charge is 0.478 e. The number of hydrogen-bond donors (Lipinski definition) is 1. The molecule has 0 aliphatic rings. The summed E-state index contributed by atoms with van der Waals surface area (Å²) in [5.41, 5.74) is 1.21. The molecule has 0 aliphatic heterocycles. The number of aryl methyl sites for hydroxylation is 2. The average Bonchev–Trinajstić information content (AvgIpc) is 2.67. The van der Waals surface area contributed by atoms with Crippen LogP contribution >= 0.6 is 11.8 Å². The van der Waals surface area contributed by atoms with Crippen LogP contribution in [0.1, 0.15) is 15.9 Å². The zero-order valence-electron chi connectivity index (χ0n) is 9.41. The van der Waals surface area contributed by atoms with Gasteiger partial charge in [-0.25, -0.2) is 14.5 Å². The molecule has 0 fully saturated rings. The molecule has 1 N–H and O–H groups in total. The van der Waals surface area contributed by atoms with Gasteiger partial charge in [-0.2, -0.15) is 5.10 Å². The summed E-state index contributed by atoms with van der Waals surface area (Å²) in [6.45, 7) is 1.88. The number of benzene rings is 1. The van der Waals surface area contributed by atoms with Crippen LogP contribution < -0.4 is 0 Å². The number of aromatic carboxylic acids is 1. The van der Waals surface area contributed by atoms with Gasteiger partial charge in [0.05, 0.1) is 5.56 Å². The van der Waals surface area contributed by atoms with E-state index in [1.165, 1.54) is 18.1 Å².